The Labute approximate surface area is 197 Å². The first-order valence-corrected chi connectivity index (χ1v) is 10.9. The molecule has 0 radical (unpaired) electrons. The summed E-state index contributed by atoms with van der Waals surface area (Å²) in [5.41, 5.74) is 9.45. The first-order chi connectivity index (χ1) is 15.9. The third-order valence-electron chi connectivity index (χ3n) is 6.49. The molecule has 4 rings (SSSR count). The summed E-state index contributed by atoms with van der Waals surface area (Å²) in [4.78, 5) is 26.1. The minimum absolute atomic E-state index is 0.00596. The lowest BCUT2D eigenvalue weighted by Crippen LogP contribution is -2.42. The van der Waals surface area contributed by atoms with E-state index in [0.717, 1.165) is 28.8 Å². The van der Waals surface area contributed by atoms with E-state index in [1.54, 1.807) is 0 Å². The number of halogens is 1. The number of Topliss-reactive ketones (excluding diaryl/α,β-unsaturated/α-hetero) is 1. The second-order valence-corrected chi connectivity index (χ2v) is 9.73. The highest BCUT2D eigenvalue weighted by Crippen LogP contribution is 2.51. The first kappa shape index (κ1) is 23.2. The molecule has 8 heteroatoms. The zero-order chi connectivity index (χ0) is 24.9. The molecule has 0 bridgehead atoms. The van der Waals surface area contributed by atoms with Gasteiger partial charge in [-0.25, -0.2) is 4.39 Å². The highest BCUT2D eigenvalue weighted by atomic mass is 19.1. The summed E-state index contributed by atoms with van der Waals surface area (Å²) >= 11 is 0. The van der Waals surface area contributed by atoms with E-state index in [4.69, 9.17) is 5.73 Å². The number of nitro groups is 1. The van der Waals surface area contributed by atoms with E-state index in [9.17, 15) is 24.6 Å². The van der Waals surface area contributed by atoms with Crippen LogP contribution < -0.4 is 10.6 Å². The molecule has 1 unspecified atom stereocenters. The lowest BCUT2D eigenvalue weighted by atomic mass is 9.68. The number of hydrogen-bond acceptors (Lipinski definition) is 6. The number of rotatable bonds is 3. The normalized spacial score (nSPS) is 19.7. The number of nitrogens with zero attached hydrogens (tertiary/aromatic N) is 3. The standard InChI is InChI=1S/C26H25FN4O3/c1-14-5-7-17(15(2)9-14)23-18(13-28)25(29)30(19-8-6-16(27)10-20(19)31(33)34)21-11-26(3,4)12-22(32)24(21)23/h5-10,23H,11-12,29H2,1-4H3. The van der Waals surface area contributed by atoms with Gasteiger partial charge in [-0.05, 0) is 48.9 Å². The van der Waals surface area contributed by atoms with Crippen LogP contribution >= 0.6 is 0 Å². The summed E-state index contributed by atoms with van der Waals surface area (Å²) in [5.74, 6) is -1.57. The maximum Gasteiger partial charge on any atom is 0.296 e. The van der Waals surface area contributed by atoms with Gasteiger partial charge in [-0.15, -0.1) is 0 Å². The number of ketones is 1. The predicted molar refractivity (Wildman–Crippen MR) is 126 cm³/mol. The van der Waals surface area contributed by atoms with E-state index < -0.39 is 27.8 Å². The van der Waals surface area contributed by atoms with Gasteiger partial charge in [0.2, 0.25) is 0 Å². The summed E-state index contributed by atoms with van der Waals surface area (Å²) in [6.45, 7) is 7.76. The number of nitro benzene ring substituents is 1. The van der Waals surface area contributed by atoms with Crippen LogP contribution in [0.1, 0.15) is 49.3 Å². The van der Waals surface area contributed by atoms with E-state index in [0.29, 0.717) is 17.7 Å². The molecule has 0 aromatic heterocycles. The van der Waals surface area contributed by atoms with Crippen LogP contribution in [0.2, 0.25) is 0 Å². The smallest absolute Gasteiger partial charge is 0.296 e. The number of carbonyl (C=O) groups is 1. The molecular formula is C26H25FN4O3. The van der Waals surface area contributed by atoms with Crippen molar-refractivity contribution in [3.05, 3.63) is 91.7 Å². The van der Waals surface area contributed by atoms with Gasteiger partial charge in [0, 0.05) is 17.7 Å². The summed E-state index contributed by atoms with van der Waals surface area (Å²) in [6, 6.07) is 11.2. The molecule has 2 aromatic carbocycles. The fraction of sp³-hybridized carbons (Fsp3) is 0.308. The molecule has 2 aliphatic rings. The van der Waals surface area contributed by atoms with Crippen molar-refractivity contribution in [1.82, 2.24) is 0 Å². The second kappa shape index (κ2) is 8.10. The van der Waals surface area contributed by atoms with Crippen LogP contribution in [0.25, 0.3) is 0 Å². The van der Waals surface area contributed by atoms with Gasteiger partial charge >= 0.3 is 0 Å². The van der Waals surface area contributed by atoms with Gasteiger partial charge in [0.15, 0.2) is 5.78 Å². The Kier molecular flexibility index (Phi) is 5.52. The monoisotopic (exact) mass is 460 g/mol. The molecular weight excluding hydrogens is 435 g/mol. The Morgan fingerprint density at radius 1 is 1.21 bits per heavy atom. The number of anilines is 1. The van der Waals surface area contributed by atoms with Crippen molar-refractivity contribution in [3.63, 3.8) is 0 Å². The third kappa shape index (κ3) is 3.73. The SMILES string of the molecule is Cc1ccc(C2C(C#N)=C(N)N(c3ccc(F)cc3[N+](=O)[O-])C3=C2C(=O)CC(C)(C)C3)c(C)c1. The zero-order valence-electron chi connectivity index (χ0n) is 19.5. The predicted octanol–water partition coefficient (Wildman–Crippen LogP) is 5.29. The second-order valence-electron chi connectivity index (χ2n) is 9.73. The van der Waals surface area contributed by atoms with Crippen LogP contribution in [0.15, 0.2) is 59.1 Å². The molecule has 1 atom stereocenters. The van der Waals surface area contributed by atoms with Crippen molar-refractivity contribution in [2.24, 2.45) is 11.1 Å². The molecule has 174 valence electrons. The highest BCUT2D eigenvalue weighted by molar-refractivity contribution is 6.02. The fourth-order valence-corrected chi connectivity index (χ4v) is 5.08. The summed E-state index contributed by atoms with van der Waals surface area (Å²) in [5, 5.41) is 22.0. The number of hydrogen-bond donors (Lipinski definition) is 1. The van der Waals surface area contributed by atoms with E-state index in [-0.39, 0.29) is 29.3 Å². The molecule has 1 aliphatic carbocycles. The highest BCUT2D eigenvalue weighted by Gasteiger charge is 2.46. The molecule has 2 aromatic rings. The Morgan fingerprint density at radius 3 is 2.53 bits per heavy atom. The quantitative estimate of drug-likeness (QED) is 0.492. The van der Waals surface area contributed by atoms with Crippen LogP contribution in [0, 0.1) is 46.5 Å². The Balaban J connectivity index is 2.07. The molecule has 0 saturated carbocycles. The number of carbonyl (C=O) groups excluding carboxylic acids is 1. The topological polar surface area (TPSA) is 113 Å². The van der Waals surface area contributed by atoms with Gasteiger partial charge in [0.25, 0.3) is 5.69 Å². The van der Waals surface area contributed by atoms with Crippen molar-refractivity contribution in [1.29, 1.82) is 5.26 Å². The maximum atomic E-state index is 13.9. The van der Waals surface area contributed by atoms with Crippen LogP contribution in [-0.2, 0) is 4.79 Å². The van der Waals surface area contributed by atoms with Crippen molar-refractivity contribution < 1.29 is 14.1 Å². The largest absolute Gasteiger partial charge is 0.384 e. The molecule has 34 heavy (non-hydrogen) atoms. The van der Waals surface area contributed by atoms with E-state index in [1.807, 2.05) is 45.9 Å². The Hall–Kier alpha value is -3.99. The van der Waals surface area contributed by atoms with E-state index in [2.05, 4.69) is 6.07 Å². The van der Waals surface area contributed by atoms with Gasteiger partial charge in [-0.2, -0.15) is 5.26 Å². The lowest BCUT2D eigenvalue weighted by Gasteiger charge is -2.43. The van der Waals surface area contributed by atoms with Crippen LogP contribution in [0.3, 0.4) is 0 Å². The van der Waals surface area contributed by atoms with Crippen LogP contribution in [-0.4, -0.2) is 10.7 Å². The first-order valence-electron chi connectivity index (χ1n) is 10.9. The number of nitrogens with two attached hydrogens (primary N) is 1. The molecule has 0 saturated heterocycles. The minimum atomic E-state index is -0.766. The lowest BCUT2D eigenvalue weighted by molar-refractivity contribution is -0.384. The minimum Gasteiger partial charge on any atom is -0.384 e. The van der Waals surface area contributed by atoms with Crippen LogP contribution in [0.5, 0.6) is 0 Å². The van der Waals surface area contributed by atoms with Gasteiger partial charge in [0.1, 0.15) is 17.3 Å². The Morgan fingerprint density at radius 2 is 1.91 bits per heavy atom. The molecule has 1 heterocycles. The summed E-state index contributed by atoms with van der Waals surface area (Å²) in [6.07, 6.45) is 0.675. The summed E-state index contributed by atoms with van der Waals surface area (Å²) < 4.78 is 13.9. The van der Waals surface area contributed by atoms with Gasteiger partial charge in [-0.1, -0.05) is 37.6 Å². The molecule has 0 amide bonds. The van der Waals surface area contributed by atoms with Crippen LogP contribution in [0.4, 0.5) is 15.8 Å². The van der Waals surface area contributed by atoms with E-state index in [1.165, 1.54) is 11.0 Å². The number of nitriles is 1. The van der Waals surface area contributed by atoms with Gasteiger partial charge in [-0.3, -0.25) is 19.8 Å². The van der Waals surface area contributed by atoms with E-state index >= 15 is 0 Å². The number of benzene rings is 2. The van der Waals surface area contributed by atoms with Crippen molar-refractivity contribution >= 4 is 17.2 Å². The van der Waals surface area contributed by atoms with Gasteiger partial charge in [0.05, 0.1) is 28.5 Å². The molecule has 2 N–H and O–H groups in total. The zero-order valence-corrected chi connectivity index (χ0v) is 19.5. The Bertz CT molecular complexity index is 1350. The third-order valence-corrected chi connectivity index (χ3v) is 6.49. The molecule has 0 spiro atoms. The average molecular weight is 461 g/mol. The molecule has 0 fully saturated rings. The number of allylic oxidation sites excluding steroid dienone is 3. The van der Waals surface area contributed by atoms with Crippen molar-refractivity contribution in [2.45, 2.75) is 46.5 Å². The molecule has 7 nitrogen and oxygen atoms in total. The van der Waals surface area contributed by atoms with Crippen molar-refractivity contribution in [2.75, 3.05) is 4.90 Å². The summed E-state index contributed by atoms with van der Waals surface area (Å²) in [7, 11) is 0. The average Bonchev–Trinajstić information content (AvgIpc) is 2.73. The van der Waals surface area contributed by atoms with Gasteiger partial charge < -0.3 is 5.73 Å². The maximum absolute atomic E-state index is 13.9. The molecule has 1 aliphatic heterocycles. The van der Waals surface area contributed by atoms with Crippen molar-refractivity contribution in [3.8, 4) is 6.07 Å². The fourth-order valence-electron chi connectivity index (χ4n) is 5.08. The number of aryl methyl sites for hydroxylation is 2.